The van der Waals surface area contributed by atoms with Gasteiger partial charge in [0.25, 0.3) is 0 Å². The lowest BCUT2D eigenvalue weighted by atomic mass is 9.95. The second-order valence-electron chi connectivity index (χ2n) is 8.58. The first-order chi connectivity index (χ1) is 14.3. The number of nitrogens with zero attached hydrogens (tertiary/aromatic N) is 3. The summed E-state index contributed by atoms with van der Waals surface area (Å²) in [5, 5.41) is 0. The molecule has 0 aliphatic heterocycles. The molecule has 1 aromatic carbocycles. The van der Waals surface area contributed by atoms with Gasteiger partial charge in [-0.3, -0.25) is 4.98 Å². The maximum Gasteiger partial charge on any atom is 0.175 e. The fraction of sp³-hybridized carbons (Fsp3) is 0.478. The van der Waals surface area contributed by atoms with E-state index in [0.29, 0.717) is 10.8 Å². The highest BCUT2D eigenvalue weighted by molar-refractivity contribution is 9.10. The van der Waals surface area contributed by atoms with Gasteiger partial charge in [0.1, 0.15) is 5.82 Å². The molecule has 0 bridgehead atoms. The number of benzene rings is 1. The third-order valence-electron chi connectivity index (χ3n) is 5.29. The molecule has 2 aromatic heterocycles. The molecule has 0 saturated heterocycles. The maximum absolute atomic E-state index is 13.1. The van der Waals surface area contributed by atoms with Gasteiger partial charge in [-0.25, -0.2) is 4.98 Å². The van der Waals surface area contributed by atoms with Crippen LogP contribution in [0.4, 0.5) is 0 Å². The molecule has 0 N–H and O–H groups in total. The van der Waals surface area contributed by atoms with Gasteiger partial charge in [-0.15, -0.1) is 0 Å². The number of aromatic nitrogens is 3. The van der Waals surface area contributed by atoms with Gasteiger partial charge in [-0.05, 0) is 40.4 Å². The van der Waals surface area contributed by atoms with Crippen LogP contribution in [-0.2, 0) is 27.9 Å². The monoisotopic (exact) mass is 491 g/mol. The lowest BCUT2D eigenvalue weighted by molar-refractivity contribution is 0.171. The predicted molar refractivity (Wildman–Crippen MR) is 125 cm³/mol. The number of halogens is 1. The average molecular weight is 492 g/mol. The summed E-state index contributed by atoms with van der Waals surface area (Å²) in [5.41, 5.74) is 1.88. The van der Waals surface area contributed by atoms with E-state index >= 15 is 0 Å². The summed E-state index contributed by atoms with van der Waals surface area (Å²) >= 11 is 2.15. The van der Waals surface area contributed by atoms with Crippen LogP contribution in [-0.4, -0.2) is 32.8 Å². The number of fused-ring (bicyclic) bond motifs is 1. The third-order valence-corrected chi connectivity index (χ3v) is 7.62. The van der Waals surface area contributed by atoms with Crippen LogP contribution in [0, 0.1) is 5.92 Å². The SMILES string of the molecule is CCC(CCOC)Cn1c(C(C)(C)C)nc2cc([S+]([O-])c3ccncc3Br)ccc21. The topological polar surface area (TPSA) is 63.0 Å². The quantitative estimate of drug-likeness (QED) is 0.378. The predicted octanol–water partition coefficient (Wildman–Crippen LogP) is 5.72. The molecule has 3 rings (SSSR count). The molecule has 30 heavy (non-hydrogen) atoms. The molecule has 0 saturated carbocycles. The van der Waals surface area contributed by atoms with E-state index in [1.165, 1.54) is 0 Å². The van der Waals surface area contributed by atoms with Crippen LogP contribution in [0.5, 0.6) is 0 Å². The molecular weight excluding hydrogens is 462 g/mol. The average Bonchev–Trinajstić information content (AvgIpc) is 3.09. The van der Waals surface area contributed by atoms with Crippen LogP contribution < -0.4 is 0 Å². The van der Waals surface area contributed by atoms with Crippen LogP contribution in [0.2, 0.25) is 0 Å². The lowest BCUT2D eigenvalue weighted by Crippen LogP contribution is -2.22. The Morgan fingerprint density at radius 2 is 2.03 bits per heavy atom. The minimum absolute atomic E-state index is 0.0913. The normalized spacial score (nSPS) is 14.2. The minimum Gasteiger partial charge on any atom is -0.606 e. The van der Waals surface area contributed by atoms with E-state index in [4.69, 9.17) is 9.72 Å². The van der Waals surface area contributed by atoms with Crippen LogP contribution in [0.15, 0.2) is 50.9 Å². The van der Waals surface area contributed by atoms with E-state index in [9.17, 15) is 4.55 Å². The molecular formula is C23H30BrN3O2S. The summed E-state index contributed by atoms with van der Waals surface area (Å²) in [6.45, 7) is 10.5. The molecule has 3 aromatic rings. The first-order valence-corrected chi connectivity index (χ1v) is 12.2. The number of methoxy groups -OCH3 is 1. The van der Waals surface area contributed by atoms with Crippen molar-refractivity contribution >= 4 is 38.1 Å². The molecule has 0 aliphatic rings. The van der Waals surface area contributed by atoms with Crippen molar-refractivity contribution in [3.8, 4) is 0 Å². The molecule has 2 atom stereocenters. The van der Waals surface area contributed by atoms with E-state index in [1.807, 2.05) is 12.1 Å². The van der Waals surface area contributed by atoms with E-state index in [-0.39, 0.29) is 5.41 Å². The number of hydrogen-bond donors (Lipinski definition) is 0. The summed E-state index contributed by atoms with van der Waals surface area (Å²) in [7, 11) is 1.75. The number of ether oxygens (including phenoxy) is 1. The Morgan fingerprint density at radius 3 is 2.67 bits per heavy atom. The van der Waals surface area contributed by atoms with Gasteiger partial charge in [0.15, 0.2) is 9.79 Å². The fourth-order valence-corrected chi connectivity index (χ4v) is 5.36. The van der Waals surface area contributed by atoms with Crippen LogP contribution >= 0.6 is 15.9 Å². The van der Waals surface area contributed by atoms with Crippen molar-refractivity contribution < 1.29 is 9.29 Å². The minimum atomic E-state index is -1.30. The van der Waals surface area contributed by atoms with Crippen LogP contribution in [0.25, 0.3) is 11.0 Å². The number of rotatable bonds is 8. The summed E-state index contributed by atoms with van der Waals surface area (Å²) in [4.78, 5) is 10.5. The Bertz CT molecular complexity index is 1000. The standard InChI is InChI=1S/C23H30BrN3O2S/c1-6-16(10-12-29-5)15-27-20-8-7-17(13-19(20)26-22(27)23(2,3)4)30(28)21-9-11-25-14-18(21)24/h7-9,11,13-14,16H,6,10,12,15H2,1-5H3. The molecule has 2 unspecified atom stereocenters. The molecule has 5 nitrogen and oxygen atoms in total. The summed E-state index contributed by atoms with van der Waals surface area (Å²) < 4.78 is 21.5. The van der Waals surface area contributed by atoms with Crippen molar-refractivity contribution in [2.24, 2.45) is 5.92 Å². The van der Waals surface area contributed by atoms with Gasteiger partial charge in [0, 0.05) is 61.4 Å². The zero-order valence-corrected chi connectivity index (χ0v) is 20.7. The molecule has 0 radical (unpaired) electrons. The van der Waals surface area contributed by atoms with E-state index in [2.05, 4.69) is 59.2 Å². The number of imidazole rings is 1. The van der Waals surface area contributed by atoms with Crippen molar-refractivity contribution in [3.63, 3.8) is 0 Å². The molecule has 0 amide bonds. The van der Waals surface area contributed by atoms with Gasteiger partial charge >= 0.3 is 0 Å². The molecule has 7 heteroatoms. The third kappa shape index (κ3) is 5.07. The Balaban J connectivity index is 2.03. The van der Waals surface area contributed by atoms with Gasteiger partial charge in [0.05, 0.1) is 15.5 Å². The fourth-order valence-electron chi connectivity index (χ4n) is 3.59. The van der Waals surface area contributed by atoms with Crippen molar-refractivity contribution in [1.29, 1.82) is 0 Å². The zero-order chi connectivity index (χ0) is 21.9. The van der Waals surface area contributed by atoms with E-state index in [1.54, 1.807) is 25.6 Å². The number of pyridine rings is 1. The zero-order valence-electron chi connectivity index (χ0n) is 18.3. The summed E-state index contributed by atoms with van der Waals surface area (Å²) in [6, 6.07) is 7.75. The molecule has 0 fully saturated rings. The summed E-state index contributed by atoms with van der Waals surface area (Å²) in [5.74, 6) is 1.58. The summed E-state index contributed by atoms with van der Waals surface area (Å²) in [6.07, 6.45) is 5.44. The smallest absolute Gasteiger partial charge is 0.175 e. The molecule has 0 spiro atoms. The highest BCUT2D eigenvalue weighted by atomic mass is 79.9. The van der Waals surface area contributed by atoms with Crippen LogP contribution in [0.1, 0.15) is 46.4 Å². The Hall–Kier alpha value is -1.41. The highest BCUT2D eigenvalue weighted by Crippen LogP contribution is 2.32. The van der Waals surface area contributed by atoms with E-state index < -0.39 is 11.2 Å². The van der Waals surface area contributed by atoms with Gasteiger partial charge in [-0.2, -0.15) is 0 Å². The Morgan fingerprint density at radius 1 is 1.27 bits per heavy atom. The molecule has 2 heterocycles. The Kier molecular flexibility index (Phi) is 7.61. The lowest BCUT2D eigenvalue weighted by Gasteiger charge is -2.23. The highest BCUT2D eigenvalue weighted by Gasteiger charge is 2.26. The van der Waals surface area contributed by atoms with Gasteiger partial charge in [-0.1, -0.05) is 34.1 Å². The largest absolute Gasteiger partial charge is 0.606 e. The second-order valence-corrected chi connectivity index (χ2v) is 10.9. The van der Waals surface area contributed by atoms with Crippen LogP contribution in [0.3, 0.4) is 0 Å². The Labute approximate surface area is 190 Å². The van der Waals surface area contributed by atoms with Crippen molar-refractivity contribution in [2.45, 2.75) is 62.3 Å². The van der Waals surface area contributed by atoms with Crippen molar-refractivity contribution in [1.82, 2.24) is 14.5 Å². The molecule has 162 valence electrons. The van der Waals surface area contributed by atoms with Crippen molar-refractivity contribution in [3.05, 3.63) is 47.0 Å². The maximum atomic E-state index is 13.1. The first kappa shape index (κ1) is 23.3. The number of hydrogen-bond acceptors (Lipinski definition) is 4. The first-order valence-electron chi connectivity index (χ1n) is 10.3. The van der Waals surface area contributed by atoms with Gasteiger partial charge in [0.2, 0.25) is 0 Å². The molecule has 0 aliphatic carbocycles. The second kappa shape index (κ2) is 9.81. The van der Waals surface area contributed by atoms with Gasteiger partial charge < -0.3 is 13.9 Å². The van der Waals surface area contributed by atoms with E-state index in [0.717, 1.165) is 52.2 Å². The van der Waals surface area contributed by atoms with Crippen molar-refractivity contribution in [2.75, 3.05) is 13.7 Å².